The highest BCUT2D eigenvalue weighted by atomic mass is 19.1. The summed E-state index contributed by atoms with van der Waals surface area (Å²) in [5.41, 5.74) is 1.95. The van der Waals surface area contributed by atoms with E-state index in [4.69, 9.17) is 4.74 Å². The molecule has 0 aliphatic heterocycles. The number of carbonyl (C=O) groups is 2. The molecular weight excluding hydrogens is 419 g/mol. The summed E-state index contributed by atoms with van der Waals surface area (Å²) in [6.07, 6.45) is 2.31. The molecule has 2 rings (SSSR count). The molecule has 0 aliphatic rings. The molecule has 0 heterocycles. The number of unbranched alkanes of at least 4 members (excludes halogenated alkanes) is 1. The Labute approximate surface area is 197 Å². The summed E-state index contributed by atoms with van der Waals surface area (Å²) in [6.45, 7) is 10.9. The molecule has 0 saturated carbocycles. The van der Waals surface area contributed by atoms with Gasteiger partial charge < -0.3 is 15.0 Å². The molecule has 2 amide bonds. The van der Waals surface area contributed by atoms with Gasteiger partial charge in [-0.15, -0.1) is 0 Å². The number of hydrogen-bond donors (Lipinski definition) is 1. The van der Waals surface area contributed by atoms with Gasteiger partial charge in [-0.1, -0.05) is 65.3 Å². The molecule has 1 N–H and O–H groups in total. The third-order valence-corrected chi connectivity index (χ3v) is 5.56. The quantitative estimate of drug-likeness (QED) is 0.471. The number of nitrogens with one attached hydrogen (secondary N) is 1. The average molecular weight is 457 g/mol. The standard InChI is InChI=1S/C27H37FN2O3/c1-6-8-17-29-26(32)24(7-2)30(18-20-9-13-22(28)14-10-20)25(31)19-33-23-15-11-21(12-16-23)27(3,4)5/h9-16,24H,6-8,17-19H2,1-5H3,(H,29,32)/t24-/m1/s1. The lowest BCUT2D eigenvalue weighted by Gasteiger charge is -2.30. The van der Waals surface area contributed by atoms with Crippen LogP contribution < -0.4 is 10.1 Å². The summed E-state index contributed by atoms with van der Waals surface area (Å²) in [6, 6.07) is 13.0. The average Bonchev–Trinajstić information content (AvgIpc) is 2.78. The number of carbonyl (C=O) groups excluding carboxylic acids is 2. The number of nitrogens with zero attached hydrogens (tertiary/aromatic N) is 1. The fraction of sp³-hybridized carbons (Fsp3) is 0.481. The third-order valence-electron chi connectivity index (χ3n) is 5.56. The maximum Gasteiger partial charge on any atom is 0.261 e. The van der Waals surface area contributed by atoms with E-state index in [1.165, 1.54) is 22.6 Å². The first-order valence-corrected chi connectivity index (χ1v) is 11.7. The number of ether oxygens (including phenoxy) is 1. The molecule has 2 aromatic carbocycles. The van der Waals surface area contributed by atoms with Gasteiger partial charge in [0.25, 0.3) is 5.91 Å². The second kappa shape index (κ2) is 12.4. The second-order valence-electron chi connectivity index (χ2n) is 9.28. The second-order valence-corrected chi connectivity index (χ2v) is 9.28. The number of amides is 2. The molecule has 0 saturated heterocycles. The van der Waals surface area contributed by atoms with E-state index in [-0.39, 0.29) is 36.2 Å². The lowest BCUT2D eigenvalue weighted by molar-refractivity contribution is -0.143. The van der Waals surface area contributed by atoms with Crippen LogP contribution >= 0.6 is 0 Å². The lowest BCUT2D eigenvalue weighted by Crippen LogP contribution is -2.50. The van der Waals surface area contributed by atoms with Crippen molar-refractivity contribution in [3.05, 3.63) is 65.5 Å². The third kappa shape index (κ3) is 8.19. The highest BCUT2D eigenvalue weighted by molar-refractivity contribution is 5.88. The van der Waals surface area contributed by atoms with Crippen LogP contribution in [0, 0.1) is 5.82 Å². The van der Waals surface area contributed by atoms with Gasteiger partial charge in [0.2, 0.25) is 5.91 Å². The Hall–Kier alpha value is -2.89. The van der Waals surface area contributed by atoms with E-state index in [1.54, 1.807) is 12.1 Å². The first kappa shape index (κ1) is 26.4. The maximum absolute atomic E-state index is 13.4. The number of halogens is 1. The van der Waals surface area contributed by atoms with Crippen LogP contribution in [0.3, 0.4) is 0 Å². The summed E-state index contributed by atoms with van der Waals surface area (Å²) in [7, 11) is 0. The highest BCUT2D eigenvalue weighted by Gasteiger charge is 2.28. The van der Waals surface area contributed by atoms with Crippen molar-refractivity contribution in [1.29, 1.82) is 0 Å². The molecule has 0 unspecified atom stereocenters. The van der Waals surface area contributed by atoms with Gasteiger partial charge in [0.05, 0.1) is 0 Å². The van der Waals surface area contributed by atoms with Crippen molar-refractivity contribution in [3.63, 3.8) is 0 Å². The van der Waals surface area contributed by atoms with E-state index in [9.17, 15) is 14.0 Å². The molecule has 0 aromatic heterocycles. The summed E-state index contributed by atoms with van der Waals surface area (Å²) in [5.74, 6) is -0.228. The van der Waals surface area contributed by atoms with Crippen LogP contribution in [0.25, 0.3) is 0 Å². The highest BCUT2D eigenvalue weighted by Crippen LogP contribution is 2.24. The van der Waals surface area contributed by atoms with Crippen LogP contribution in [-0.4, -0.2) is 35.9 Å². The Kier molecular flexibility index (Phi) is 9.89. The van der Waals surface area contributed by atoms with Gasteiger partial charge in [0.1, 0.15) is 17.6 Å². The van der Waals surface area contributed by atoms with Crippen LogP contribution in [0.15, 0.2) is 48.5 Å². The Balaban J connectivity index is 2.15. The molecule has 0 radical (unpaired) electrons. The zero-order valence-corrected chi connectivity index (χ0v) is 20.5. The molecule has 1 atom stereocenters. The molecule has 2 aromatic rings. The van der Waals surface area contributed by atoms with Gasteiger partial charge >= 0.3 is 0 Å². The Morgan fingerprint density at radius 2 is 1.67 bits per heavy atom. The zero-order chi connectivity index (χ0) is 24.4. The van der Waals surface area contributed by atoms with Gasteiger partial charge in [-0.25, -0.2) is 4.39 Å². The van der Waals surface area contributed by atoms with Crippen LogP contribution in [0.5, 0.6) is 5.75 Å². The van der Waals surface area contributed by atoms with Gasteiger partial charge in [-0.3, -0.25) is 9.59 Å². The Bertz CT molecular complexity index is 889. The predicted octanol–water partition coefficient (Wildman–Crippen LogP) is 5.23. The largest absolute Gasteiger partial charge is 0.484 e. The van der Waals surface area contributed by atoms with Gasteiger partial charge in [-0.2, -0.15) is 0 Å². The van der Waals surface area contributed by atoms with Crippen LogP contribution in [0.2, 0.25) is 0 Å². The fourth-order valence-electron chi connectivity index (χ4n) is 3.49. The topological polar surface area (TPSA) is 58.6 Å². The lowest BCUT2D eigenvalue weighted by atomic mass is 9.87. The summed E-state index contributed by atoms with van der Waals surface area (Å²) >= 11 is 0. The van der Waals surface area contributed by atoms with Crippen LogP contribution in [0.4, 0.5) is 4.39 Å². The zero-order valence-electron chi connectivity index (χ0n) is 20.5. The predicted molar refractivity (Wildman–Crippen MR) is 130 cm³/mol. The van der Waals surface area contributed by atoms with Gasteiger partial charge in [0.15, 0.2) is 6.61 Å². The van der Waals surface area contributed by atoms with Crippen molar-refractivity contribution >= 4 is 11.8 Å². The van der Waals surface area contributed by atoms with E-state index in [0.717, 1.165) is 18.4 Å². The van der Waals surface area contributed by atoms with E-state index in [2.05, 4.69) is 33.0 Å². The first-order valence-electron chi connectivity index (χ1n) is 11.7. The fourth-order valence-corrected chi connectivity index (χ4v) is 3.49. The van der Waals surface area contributed by atoms with E-state index < -0.39 is 6.04 Å². The normalized spacial score (nSPS) is 12.2. The van der Waals surface area contributed by atoms with Gasteiger partial charge in [0, 0.05) is 13.1 Å². The Morgan fingerprint density at radius 3 is 2.21 bits per heavy atom. The molecule has 0 fully saturated rings. The van der Waals surface area contributed by atoms with E-state index in [0.29, 0.717) is 18.7 Å². The Morgan fingerprint density at radius 1 is 1.03 bits per heavy atom. The van der Waals surface area contributed by atoms with Crippen molar-refractivity contribution in [3.8, 4) is 5.75 Å². The summed E-state index contributed by atoms with van der Waals surface area (Å²) in [5, 5.41) is 2.93. The van der Waals surface area contributed by atoms with Gasteiger partial charge in [-0.05, 0) is 53.6 Å². The molecule has 0 aliphatic carbocycles. The minimum absolute atomic E-state index is 0.0276. The molecule has 6 heteroatoms. The molecular formula is C27H37FN2O3. The SMILES string of the molecule is CCCCNC(=O)[C@@H](CC)N(Cc1ccc(F)cc1)C(=O)COc1ccc(C(C)(C)C)cc1. The van der Waals surface area contributed by atoms with Crippen molar-refractivity contribution in [1.82, 2.24) is 10.2 Å². The summed E-state index contributed by atoms with van der Waals surface area (Å²) < 4.78 is 19.1. The molecule has 0 spiro atoms. The van der Waals surface area contributed by atoms with E-state index in [1.807, 2.05) is 31.2 Å². The minimum atomic E-state index is -0.633. The van der Waals surface area contributed by atoms with Crippen molar-refractivity contribution in [2.24, 2.45) is 0 Å². The number of rotatable bonds is 11. The number of benzene rings is 2. The first-order chi connectivity index (χ1) is 15.7. The monoisotopic (exact) mass is 456 g/mol. The minimum Gasteiger partial charge on any atom is -0.484 e. The number of hydrogen-bond acceptors (Lipinski definition) is 3. The van der Waals surface area contributed by atoms with E-state index >= 15 is 0 Å². The van der Waals surface area contributed by atoms with Crippen LogP contribution in [0.1, 0.15) is 65.0 Å². The maximum atomic E-state index is 13.4. The summed E-state index contributed by atoms with van der Waals surface area (Å²) in [4.78, 5) is 27.6. The van der Waals surface area contributed by atoms with Crippen LogP contribution in [-0.2, 0) is 21.5 Å². The molecule has 33 heavy (non-hydrogen) atoms. The molecule has 180 valence electrons. The molecule has 5 nitrogen and oxygen atoms in total. The van der Waals surface area contributed by atoms with Crippen molar-refractivity contribution in [2.45, 2.75) is 71.9 Å². The van der Waals surface area contributed by atoms with Crippen molar-refractivity contribution in [2.75, 3.05) is 13.2 Å². The smallest absolute Gasteiger partial charge is 0.261 e. The van der Waals surface area contributed by atoms with Crippen molar-refractivity contribution < 1.29 is 18.7 Å². The molecule has 0 bridgehead atoms.